The first-order chi connectivity index (χ1) is 11.8. The lowest BCUT2D eigenvalue weighted by molar-refractivity contribution is 0.590. The molecule has 0 aliphatic heterocycles. The third-order valence-electron chi connectivity index (χ3n) is 4.31. The molecule has 25 heavy (non-hydrogen) atoms. The number of hydrogen-bond donors (Lipinski definition) is 0. The largest absolute Gasteiger partial charge is 0.283 e. The van der Waals surface area contributed by atoms with Crippen LogP contribution in [0.15, 0.2) is 52.8 Å². The van der Waals surface area contributed by atoms with Crippen molar-refractivity contribution in [2.75, 3.05) is 0 Å². The molecule has 2 heterocycles. The van der Waals surface area contributed by atoms with Gasteiger partial charge in [-0.1, -0.05) is 52.8 Å². The fourth-order valence-electron chi connectivity index (χ4n) is 2.78. The van der Waals surface area contributed by atoms with Crippen molar-refractivity contribution in [3.63, 3.8) is 0 Å². The molecule has 4 heteroatoms. The van der Waals surface area contributed by atoms with Gasteiger partial charge in [-0.15, -0.1) is 10.2 Å². The molecule has 4 nitrogen and oxygen atoms in total. The first-order valence-electron chi connectivity index (χ1n) is 8.76. The van der Waals surface area contributed by atoms with E-state index in [0.717, 1.165) is 22.8 Å². The van der Waals surface area contributed by atoms with E-state index in [2.05, 4.69) is 76.2 Å². The highest BCUT2D eigenvalue weighted by molar-refractivity contribution is 5.54. The lowest BCUT2D eigenvalue weighted by atomic mass is 9.87. The van der Waals surface area contributed by atoms with Gasteiger partial charge >= 0.3 is 0 Å². The zero-order valence-electron chi connectivity index (χ0n) is 15.9. The molecule has 0 spiro atoms. The molecule has 1 aromatic carbocycles. The zero-order valence-corrected chi connectivity index (χ0v) is 15.9. The Morgan fingerprint density at radius 1 is 0.960 bits per heavy atom. The molecule has 0 amide bonds. The second-order valence-electron chi connectivity index (χ2n) is 7.91. The highest BCUT2D eigenvalue weighted by atomic mass is 15.2. The van der Waals surface area contributed by atoms with Crippen molar-refractivity contribution < 1.29 is 0 Å². The van der Waals surface area contributed by atoms with Crippen LogP contribution >= 0.6 is 0 Å². The van der Waals surface area contributed by atoms with Crippen LogP contribution in [0.5, 0.6) is 0 Å². The standard InChI is InChI=1S/C21H26N4/c1-14(2)19-20(25-13-15(3)7-12-18(25)22-19)24-23-17-10-8-16(9-11-17)21(4,5)6/h7-14H,1-6H3. The SMILES string of the molecule is Cc1ccc2nc(C(C)C)c(N=Nc3ccc(C(C)(C)C)cc3)n2c1. The molecule has 3 rings (SSSR count). The molecule has 0 atom stereocenters. The molecule has 0 N–H and O–H groups in total. The summed E-state index contributed by atoms with van der Waals surface area (Å²) in [5, 5.41) is 9.00. The Kier molecular flexibility index (Phi) is 4.46. The number of hydrogen-bond acceptors (Lipinski definition) is 3. The minimum Gasteiger partial charge on any atom is -0.283 e. The van der Waals surface area contributed by atoms with Crippen molar-refractivity contribution in [2.24, 2.45) is 10.2 Å². The van der Waals surface area contributed by atoms with E-state index >= 15 is 0 Å². The van der Waals surface area contributed by atoms with Crippen molar-refractivity contribution >= 4 is 17.2 Å². The van der Waals surface area contributed by atoms with E-state index < -0.39 is 0 Å². The molecule has 0 unspecified atom stereocenters. The van der Waals surface area contributed by atoms with E-state index in [-0.39, 0.29) is 11.3 Å². The molecule has 130 valence electrons. The van der Waals surface area contributed by atoms with Gasteiger partial charge in [0.2, 0.25) is 0 Å². The predicted octanol–water partition coefficient (Wildman–Crippen LogP) is 6.48. The van der Waals surface area contributed by atoms with Gasteiger partial charge in [-0.3, -0.25) is 4.40 Å². The van der Waals surface area contributed by atoms with Gasteiger partial charge in [-0.2, -0.15) is 0 Å². The maximum Gasteiger partial charge on any atom is 0.183 e. The van der Waals surface area contributed by atoms with Crippen LogP contribution in [0, 0.1) is 6.92 Å². The van der Waals surface area contributed by atoms with Crippen molar-refractivity contribution in [3.05, 3.63) is 59.4 Å². The number of azo groups is 1. The molecule has 0 saturated carbocycles. The Bertz CT molecular complexity index is 909. The number of imidazole rings is 1. The third-order valence-corrected chi connectivity index (χ3v) is 4.31. The van der Waals surface area contributed by atoms with Crippen LogP contribution in [0.2, 0.25) is 0 Å². The maximum absolute atomic E-state index is 4.72. The van der Waals surface area contributed by atoms with E-state index in [1.165, 1.54) is 11.1 Å². The summed E-state index contributed by atoms with van der Waals surface area (Å²) in [6.07, 6.45) is 2.06. The van der Waals surface area contributed by atoms with Gasteiger partial charge in [0.15, 0.2) is 5.82 Å². The maximum atomic E-state index is 4.72. The van der Waals surface area contributed by atoms with Gasteiger partial charge in [-0.05, 0) is 47.6 Å². The Labute approximate surface area is 149 Å². The van der Waals surface area contributed by atoms with Crippen molar-refractivity contribution in [1.29, 1.82) is 0 Å². The number of pyridine rings is 1. The second kappa shape index (κ2) is 6.43. The lowest BCUT2D eigenvalue weighted by Crippen LogP contribution is -2.10. The summed E-state index contributed by atoms with van der Waals surface area (Å²) < 4.78 is 2.03. The predicted molar refractivity (Wildman–Crippen MR) is 103 cm³/mol. The molecule has 2 aromatic heterocycles. The van der Waals surface area contributed by atoms with E-state index in [0.29, 0.717) is 0 Å². The molecule has 0 aliphatic rings. The summed E-state index contributed by atoms with van der Waals surface area (Å²) in [5.41, 5.74) is 5.34. The summed E-state index contributed by atoms with van der Waals surface area (Å²) in [6.45, 7) is 13.0. The average molecular weight is 334 g/mol. The lowest BCUT2D eigenvalue weighted by Gasteiger charge is -2.18. The molecular formula is C21H26N4. The fraction of sp³-hybridized carbons (Fsp3) is 0.381. The summed E-state index contributed by atoms with van der Waals surface area (Å²) >= 11 is 0. The second-order valence-corrected chi connectivity index (χ2v) is 7.91. The minimum atomic E-state index is 0.139. The number of nitrogens with zero attached hydrogens (tertiary/aromatic N) is 4. The van der Waals surface area contributed by atoms with Gasteiger partial charge in [0.25, 0.3) is 0 Å². The van der Waals surface area contributed by atoms with Crippen LogP contribution in [-0.4, -0.2) is 9.38 Å². The molecule has 0 bridgehead atoms. The van der Waals surface area contributed by atoms with Gasteiger partial charge in [-0.25, -0.2) is 4.98 Å². The molecule has 0 aliphatic carbocycles. The Hall–Kier alpha value is -2.49. The van der Waals surface area contributed by atoms with Crippen molar-refractivity contribution in [1.82, 2.24) is 9.38 Å². The number of aromatic nitrogens is 2. The van der Waals surface area contributed by atoms with Gasteiger partial charge in [0.05, 0.1) is 11.4 Å². The highest BCUT2D eigenvalue weighted by Gasteiger charge is 2.15. The zero-order chi connectivity index (χ0) is 18.2. The van der Waals surface area contributed by atoms with Crippen molar-refractivity contribution in [3.8, 4) is 0 Å². The van der Waals surface area contributed by atoms with E-state index in [1.807, 2.05) is 22.6 Å². The first-order valence-corrected chi connectivity index (χ1v) is 8.76. The van der Waals surface area contributed by atoms with Crippen LogP contribution < -0.4 is 0 Å². The minimum absolute atomic E-state index is 0.139. The topological polar surface area (TPSA) is 42.0 Å². The summed E-state index contributed by atoms with van der Waals surface area (Å²) in [6, 6.07) is 12.4. The highest BCUT2D eigenvalue weighted by Crippen LogP contribution is 2.30. The monoisotopic (exact) mass is 334 g/mol. The number of fused-ring (bicyclic) bond motifs is 1. The van der Waals surface area contributed by atoms with Gasteiger partial charge in [0.1, 0.15) is 5.65 Å². The van der Waals surface area contributed by atoms with Crippen LogP contribution in [0.3, 0.4) is 0 Å². The quantitative estimate of drug-likeness (QED) is 0.505. The molecular weight excluding hydrogens is 308 g/mol. The van der Waals surface area contributed by atoms with E-state index in [9.17, 15) is 0 Å². The summed E-state index contributed by atoms with van der Waals surface area (Å²) in [7, 11) is 0. The normalized spacial score (nSPS) is 12.6. The van der Waals surface area contributed by atoms with E-state index in [1.54, 1.807) is 0 Å². The Balaban J connectivity index is 2.00. The third kappa shape index (κ3) is 3.63. The molecule has 0 radical (unpaired) electrons. The fourth-order valence-corrected chi connectivity index (χ4v) is 2.78. The summed E-state index contributed by atoms with van der Waals surface area (Å²) in [5.74, 6) is 1.10. The van der Waals surface area contributed by atoms with Crippen LogP contribution in [0.1, 0.15) is 57.4 Å². The van der Waals surface area contributed by atoms with Crippen molar-refractivity contribution in [2.45, 2.75) is 52.9 Å². The van der Waals surface area contributed by atoms with Crippen LogP contribution in [0.4, 0.5) is 11.5 Å². The first kappa shape index (κ1) is 17.3. The summed E-state index contributed by atoms with van der Waals surface area (Å²) in [4.78, 5) is 4.72. The van der Waals surface area contributed by atoms with Crippen LogP contribution in [-0.2, 0) is 5.41 Å². The average Bonchev–Trinajstić information content (AvgIpc) is 2.90. The number of rotatable bonds is 3. The molecule has 0 fully saturated rings. The van der Waals surface area contributed by atoms with Crippen LogP contribution in [0.25, 0.3) is 5.65 Å². The Morgan fingerprint density at radius 2 is 1.64 bits per heavy atom. The molecule has 3 aromatic rings. The Morgan fingerprint density at radius 3 is 2.24 bits per heavy atom. The number of aryl methyl sites for hydroxylation is 1. The number of benzene rings is 1. The smallest absolute Gasteiger partial charge is 0.183 e. The molecule has 0 saturated heterocycles. The van der Waals surface area contributed by atoms with Gasteiger partial charge < -0.3 is 0 Å². The van der Waals surface area contributed by atoms with Gasteiger partial charge in [0, 0.05) is 6.20 Å². The van der Waals surface area contributed by atoms with E-state index in [4.69, 9.17) is 4.98 Å².